The summed E-state index contributed by atoms with van der Waals surface area (Å²) in [5, 5.41) is 2.62. The number of benzene rings is 2. The molecule has 1 heterocycles. The third-order valence-corrected chi connectivity index (χ3v) is 4.22. The Morgan fingerprint density at radius 3 is 2.21 bits per heavy atom. The van der Waals surface area contributed by atoms with Crippen LogP contribution in [-0.4, -0.2) is 31.8 Å². The molecule has 6 nitrogen and oxygen atoms in total. The summed E-state index contributed by atoms with van der Waals surface area (Å²) in [7, 11) is 4.51. The first-order valence-electron chi connectivity index (χ1n) is 8.57. The predicted octanol–water partition coefficient (Wildman–Crippen LogP) is 3.82. The van der Waals surface area contributed by atoms with Crippen molar-refractivity contribution in [3.63, 3.8) is 0 Å². The van der Waals surface area contributed by atoms with E-state index in [2.05, 4.69) is 5.32 Å². The monoisotopic (exact) mass is 384 g/mol. The van der Waals surface area contributed by atoms with Crippen LogP contribution in [0.1, 0.15) is 5.56 Å². The molecule has 0 aliphatic heterocycles. The fraction of sp³-hybridized carbons (Fsp3) is 0.190. The molecule has 3 aromatic rings. The highest BCUT2D eigenvalue weighted by atomic mass is 19.1. The molecule has 28 heavy (non-hydrogen) atoms. The van der Waals surface area contributed by atoms with Crippen LogP contribution in [0.3, 0.4) is 0 Å². The van der Waals surface area contributed by atoms with Gasteiger partial charge in [-0.25, -0.2) is 4.39 Å². The minimum Gasteiger partial charge on any atom is -0.493 e. The number of hydrogen-bond acceptors (Lipinski definition) is 4. The van der Waals surface area contributed by atoms with Crippen molar-refractivity contribution < 1.29 is 23.4 Å². The van der Waals surface area contributed by atoms with E-state index in [4.69, 9.17) is 14.2 Å². The topological polar surface area (TPSA) is 61.7 Å². The zero-order valence-corrected chi connectivity index (χ0v) is 15.9. The molecule has 1 N–H and O–H groups in total. The van der Waals surface area contributed by atoms with Gasteiger partial charge in [0.25, 0.3) is 0 Å². The Kier molecular flexibility index (Phi) is 5.84. The van der Waals surface area contributed by atoms with Crippen molar-refractivity contribution in [3.8, 4) is 22.9 Å². The van der Waals surface area contributed by atoms with Crippen LogP contribution >= 0.6 is 0 Å². The first-order valence-corrected chi connectivity index (χ1v) is 8.57. The van der Waals surface area contributed by atoms with Crippen LogP contribution in [0, 0.1) is 5.82 Å². The van der Waals surface area contributed by atoms with Gasteiger partial charge in [-0.05, 0) is 48.0 Å². The number of halogens is 1. The average molecular weight is 384 g/mol. The number of nitrogens with one attached hydrogen (secondary N) is 1. The van der Waals surface area contributed by atoms with E-state index < -0.39 is 5.82 Å². The quantitative estimate of drug-likeness (QED) is 0.673. The third kappa shape index (κ3) is 4.09. The number of aromatic nitrogens is 1. The average Bonchev–Trinajstić information content (AvgIpc) is 3.23. The second-order valence-corrected chi connectivity index (χ2v) is 6.01. The molecule has 1 aromatic heterocycles. The molecule has 0 atom stereocenters. The van der Waals surface area contributed by atoms with E-state index in [9.17, 15) is 9.18 Å². The molecule has 1 amide bonds. The Hall–Kier alpha value is -3.48. The number of nitrogens with zero attached hydrogens (tertiary/aromatic N) is 1. The predicted molar refractivity (Wildman–Crippen MR) is 104 cm³/mol. The molecular formula is C21H21FN2O4. The molecule has 0 bridgehead atoms. The number of carbonyl (C=O) groups is 1. The molecular weight excluding hydrogens is 363 g/mol. The van der Waals surface area contributed by atoms with Crippen LogP contribution < -0.4 is 19.5 Å². The lowest BCUT2D eigenvalue weighted by molar-refractivity contribution is -0.115. The lowest BCUT2D eigenvalue weighted by Gasteiger charge is -2.14. The third-order valence-electron chi connectivity index (χ3n) is 4.22. The van der Waals surface area contributed by atoms with Crippen LogP contribution in [0.4, 0.5) is 10.1 Å². The van der Waals surface area contributed by atoms with Crippen molar-refractivity contribution in [2.45, 2.75) is 6.42 Å². The molecule has 0 aliphatic carbocycles. The maximum absolute atomic E-state index is 14.2. The highest BCUT2D eigenvalue weighted by Crippen LogP contribution is 2.38. The largest absolute Gasteiger partial charge is 0.493 e. The maximum atomic E-state index is 14.2. The molecule has 3 rings (SSSR count). The van der Waals surface area contributed by atoms with Gasteiger partial charge in [-0.3, -0.25) is 4.79 Å². The van der Waals surface area contributed by atoms with Gasteiger partial charge in [-0.2, -0.15) is 0 Å². The minimum absolute atomic E-state index is 0.0178. The van der Waals surface area contributed by atoms with Gasteiger partial charge in [0.2, 0.25) is 11.7 Å². The van der Waals surface area contributed by atoms with E-state index in [-0.39, 0.29) is 18.0 Å². The number of carbonyl (C=O) groups excluding carboxylic acids is 1. The molecule has 0 saturated heterocycles. The summed E-state index contributed by atoms with van der Waals surface area (Å²) >= 11 is 0. The van der Waals surface area contributed by atoms with Crippen molar-refractivity contribution in [1.29, 1.82) is 0 Å². The van der Waals surface area contributed by atoms with Gasteiger partial charge < -0.3 is 24.1 Å². The summed E-state index contributed by atoms with van der Waals surface area (Å²) < 4.78 is 31.9. The summed E-state index contributed by atoms with van der Waals surface area (Å²) in [5.74, 6) is 0.475. The minimum atomic E-state index is -0.505. The maximum Gasteiger partial charge on any atom is 0.228 e. The van der Waals surface area contributed by atoms with Crippen molar-refractivity contribution in [2.24, 2.45) is 0 Å². The van der Waals surface area contributed by atoms with Gasteiger partial charge >= 0.3 is 0 Å². The second kappa shape index (κ2) is 8.47. The Morgan fingerprint density at radius 2 is 1.64 bits per heavy atom. The number of methoxy groups -OCH3 is 3. The molecule has 7 heteroatoms. The number of amides is 1. The normalized spacial score (nSPS) is 10.4. The molecule has 0 spiro atoms. The highest BCUT2D eigenvalue weighted by molar-refractivity contribution is 5.92. The van der Waals surface area contributed by atoms with Gasteiger partial charge in [-0.15, -0.1) is 0 Å². The van der Waals surface area contributed by atoms with Crippen LogP contribution in [0.15, 0.2) is 54.9 Å². The lowest BCUT2D eigenvalue weighted by Crippen LogP contribution is -2.16. The van der Waals surface area contributed by atoms with Crippen LogP contribution in [-0.2, 0) is 11.2 Å². The van der Waals surface area contributed by atoms with Gasteiger partial charge in [0.05, 0.1) is 33.4 Å². The number of anilines is 1. The van der Waals surface area contributed by atoms with Crippen molar-refractivity contribution >= 4 is 11.6 Å². The van der Waals surface area contributed by atoms with Crippen molar-refractivity contribution in [3.05, 3.63) is 66.2 Å². The van der Waals surface area contributed by atoms with E-state index in [1.807, 2.05) is 29.1 Å². The number of hydrogen-bond donors (Lipinski definition) is 1. The smallest absolute Gasteiger partial charge is 0.228 e. The Balaban J connectivity index is 1.80. The Labute approximate surface area is 162 Å². The standard InChI is InChI=1S/C21H21FN2O4/c1-26-18-10-14(11-19(27-2)21(18)28-3)12-20(25)23-17-13-15(6-7-16(17)22)24-8-4-5-9-24/h4-11,13H,12H2,1-3H3,(H,23,25). The first kappa shape index (κ1) is 19.3. The highest BCUT2D eigenvalue weighted by Gasteiger charge is 2.16. The molecule has 146 valence electrons. The summed E-state index contributed by atoms with van der Waals surface area (Å²) in [6.45, 7) is 0. The summed E-state index contributed by atoms with van der Waals surface area (Å²) in [6, 6.07) is 11.7. The van der Waals surface area contributed by atoms with Crippen LogP contribution in [0.25, 0.3) is 5.69 Å². The van der Waals surface area contributed by atoms with Crippen molar-refractivity contribution in [1.82, 2.24) is 4.57 Å². The molecule has 0 fully saturated rings. The molecule has 2 aromatic carbocycles. The fourth-order valence-corrected chi connectivity index (χ4v) is 2.89. The van der Waals surface area contributed by atoms with Gasteiger partial charge in [-0.1, -0.05) is 0 Å². The molecule has 0 saturated carbocycles. The summed E-state index contributed by atoms with van der Waals surface area (Å²) in [4.78, 5) is 12.5. The van der Waals surface area contributed by atoms with E-state index in [0.717, 1.165) is 5.69 Å². The number of ether oxygens (including phenoxy) is 3. The van der Waals surface area contributed by atoms with E-state index >= 15 is 0 Å². The number of rotatable bonds is 7. The summed E-state index contributed by atoms with van der Waals surface area (Å²) in [5.41, 5.74) is 1.51. The summed E-state index contributed by atoms with van der Waals surface area (Å²) in [6.07, 6.45) is 3.70. The zero-order valence-electron chi connectivity index (χ0n) is 15.9. The van der Waals surface area contributed by atoms with Gasteiger partial charge in [0, 0.05) is 18.1 Å². The van der Waals surface area contributed by atoms with Gasteiger partial charge in [0.15, 0.2) is 11.5 Å². The Bertz CT molecular complexity index is 946. The first-order chi connectivity index (χ1) is 13.5. The Morgan fingerprint density at radius 1 is 1.00 bits per heavy atom. The molecule has 0 aliphatic rings. The van der Waals surface area contributed by atoms with Gasteiger partial charge in [0.1, 0.15) is 5.82 Å². The van der Waals surface area contributed by atoms with E-state index in [1.54, 1.807) is 24.3 Å². The molecule has 0 radical (unpaired) electrons. The molecule has 0 unspecified atom stereocenters. The lowest BCUT2D eigenvalue weighted by atomic mass is 10.1. The zero-order chi connectivity index (χ0) is 20.1. The SMILES string of the molecule is COc1cc(CC(=O)Nc2cc(-n3cccc3)ccc2F)cc(OC)c1OC. The second-order valence-electron chi connectivity index (χ2n) is 6.01. The van der Waals surface area contributed by atoms with Crippen LogP contribution in [0.2, 0.25) is 0 Å². The van der Waals surface area contributed by atoms with Crippen LogP contribution in [0.5, 0.6) is 17.2 Å². The van der Waals surface area contributed by atoms with E-state index in [1.165, 1.54) is 27.4 Å². The fourth-order valence-electron chi connectivity index (χ4n) is 2.89. The van der Waals surface area contributed by atoms with E-state index in [0.29, 0.717) is 22.8 Å². The van der Waals surface area contributed by atoms with Crippen molar-refractivity contribution in [2.75, 3.05) is 26.6 Å².